The van der Waals surface area contributed by atoms with Crippen molar-refractivity contribution in [1.29, 1.82) is 0 Å². The summed E-state index contributed by atoms with van der Waals surface area (Å²) in [5.74, 6) is 6.45. The molecule has 3 N–H and O–H groups in total. The van der Waals surface area contributed by atoms with Crippen molar-refractivity contribution in [2.24, 2.45) is 5.84 Å². The van der Waals surface area contributed by atoms with Gasteiger partial charge in [0.1, 0.15) is 19.0 Å². The summed E-state index contributed by atoms with van der Waals surface area (Å²) in [6, 6.07) is 5.34. The summed E-state index contributed by atoms with van der Waals surface area (Å²) >= 11 is 6.04. The van der Waals surface area contributed by atoms with Crippen molar-refractivity contribution in [2.45, 2.75) is 12.8 Å². The Bertz CT molecular complexity index is 590. The number of hydrogen-bond acceptors (Lipinski definition) is 4. The van der Waals surface area contributed by atoms with Crippen molar-refractivity contribution in [2.75, 3.05) is 26.9 Å². The standard InChI is InChI=1S/C15H19ClFN3O2/c1-20(18)15-10(2-5-14(21)19-7-6-17)9-22-13-4-3-11(16)8-12(13)15/h3-4,8H,2,5-7,9,18H2,1H3,(H,19,21). The molecule has 1 aliphatic heterocycles. The number of carbonyl (C=O) groups is 1. The van der Waals surface area contributed by atoms with Crippen LogP contribution in [0.1, 0.15) is 18.4 Å². The van der Waals surface area contributed by atoms with Gasteiger partial charge in [-0.05, 0) is 30.2 Å². The minimum atomic E-state index is -0.569. The van der Waals surface area contributed by atoms with Crippen molar-refractivity contribution in [1.82, 2.24) is 10.3 Å². The van der Waals surface area contributed by atoms with Crippen molar-refractivity contribution < 1.29 is 13.9 Å². The minimum Gasteiger partial charge on any atom is -0.488 e. The molecule has 0 saturated heterocycles. The van der Waals surface area contributed by atoms with Gasteiger partial charge in [0.15, 0.2) is 0 Å². The molecule has 0 spiro atoms. The molecule has 2 rings (SSSR count). The Morgan fingerprint density at radius 2 is 2.32 bits per heavy atom. The number of hydrogen-bond donors (Lipinski definition) is 2. The maximum Gasteiger partial charge on any atom is 0.220 e. The van der Waals surface area contributed by atoms with Crippen LogP contribution in [-0.4, -0.2) is 37.8 Å². The highest BCUT2D eigenvalue weighted by molar-refractivity contribution is 6.30. The second-order valence-corrected chi connectivity index (χ2v) is 5.47. The molecule has 0 radical (unpaired) electrons. The molecule has 0 saturated carbocycles. The SMILES string of the molecule is CN(N)C1=C(CCC(=O)NCCF)COc2ccc(Cl)cc21. The zero-order valence-corrected chi connectivity index (χ0v) is 13.1. The van der Waals surface area contributed by atoms with E-state index < -0.39 is 6.67 Å². The van der Waals surface area contributed by atoms with Gasteiger partial charge in [0.2, 0.25) is 5.91 Å². The third-order valence-electron chi connectivity index (χ3n) is 3.36. The van der Waals surface area contributed by atoms with Gasteiger partial charge in [-0.2, -0.15) is 0 Å². The van der Waals surface area contributed by atoms with Crippen LogP contribution < -0.4 is 15.9 Å². The summed E-state index contributed by atoms with van der Waals surface area (Å²) < 4.78 is 17.7. The third-order valence-corrected chi connectivity index (χ3v) is 3.59. The average molecular weight is 328 g/mol. The van der Waals surface area contributed by atoms with Crippen LogP contribution in [0.5, 0.6) is 5.75 Å². The molecule has 0 unspecified atom stereocenters. The lowest BCUT2D eigenvalue weighted by atomic mass is 9.99. The lowest BCUT2D eigenvalue weighted by Crippen LogP contribution is -2.30. The summed E-state index contributed by atoms with van der Waals surface area (Å²) in [6.07, 6.45) is 0.743. The third kappa shape index (κ3) is 3.90. The number of nitrogens with zero attached hydrogens (tertiary/aromatic N) is 1. The van der Waals surface area contributed by atoms with Gasteiger partial charge in [0.25, 0.3) is 0 Å². The van der Waals surface area contributed by atoms with Gasteiger partial charge in [0.05, 0.1) is 5.70 Å². The summed E-state index contributed by atoms with van der Waals surface area (Å²) in [6.45, 7) is -0.168. The fraction of sp³-hybridized carbons (Fsp3) is 0.400. The van der Waals surface area contributed by atoms with Crippen LogP contribution in [-0.2, 0) is 4.79 Å². The quantitative estimate of drug-likeness (QED) is 0.620. The molecule has 1 aliphatic rings. The van der Waals surface area contributed by atoms with E-state index >= 15 is 0 Å². The van der Waals surface area contributed by atoms with E-state index in [-0.39, 0.29) is 18.9 Å². The second-order valence-electron chi connectivity index (χ2n) is 5.03. The Balaban J connectivity index is 2.20. The van der Waals surface area contributed by atoms with Crippen molar-refractivity contribution >= 4 is 23.2 Å². The summed E-state index contributed by atoms with van der Waals surface area (Å²) in [4.78, 5) is 11.6. The van der Waals surface area contributed by atoms with Gasteiger partial charge in [-0.25, -0.2) is 10.2 Å². The van der Waals surface area contributed by atoms with Crippen LogP contribution in [0.4, 0.5) is 4.39 Å². The van der Waals surface area contributed by atoms with E-state index in [4.69, 9.17) is 22.2 Å². The number of amides is 1. The van der Waals surface area contributed by atoms with E-state index in [0.29, 0.717) is 23.8 Å². The molecule has 0 aliphatic carbocycles. The van der Waals surface area contributed by atoms with E-state index in [2.05, 4.69) is 5.32 Å². The number of alkyl halides is 1. The van der Waals surface area contributed by atoms with Gasteiger partial charge in [-0.1, -0.05) is 11.6 Å². The molecule has 7 heteroatoms. The van der Waals surface area contributed by atoms with E-state index in [9.17, 15) is 9.18 Å². The van der Waals surface area contributed by atoms with Gasteiger partial charge in [0, 0.05) is 30.6 Å². The predicted octanol–water partition coefficient (Wildman–Crippen LogP) is 2.11. The van der Waals surface area contributed by atoms with E-state index in [0.717, 1.165) is 16.8 Å². The Kier molecular flexibility index (Phi) is 5.63. The number of carbonyl (C=O) groups excluding carboxylic acids is 1. The van der Waals surface area contributed by atoms with Gasteiger partial charge >= 0.3 is 0 Å². The molecule has 0 bridgehead atoms. The number of ether oxygens (including phenoxy) is 1. The fourth-order valence-electron chi connectivity index (χ4n) is 2.41. The molecule has 0 fully saturated rings. The molecule has 1 aromatic rings. The van der Waals surface area contributed by atoms with Crippen LogP contribution in [0.25, 0.3) is 5.70 Å². The van der Waals surface area contributed by atoms with Crippen molar-refractivity contribution in [3.8, 4) is 5.75 Å². The van der Waals surface area contributed by atoms with E-state index in [1.165, 1.54) is 5.01 Å². The second kappa shape index (κ2) is 7.47. The Morgan fingerprint density at radius 1 is 1.55 bits per heavy atom. The summed E-state index contributed by atoms with van der Waals surface area (Å²) in [5.41, 5.74) is 2.53. The van der Waals surface area contributed by atoms with Gasteiger partial charge in [-0.15, -0.1) is 0 Å². The molecule has 0 atom stereocenters. The molecule has 1 heterocycles. The lowest BCUT2D eigenvalue weighted by Gasteiger charge is -2.28. The number of hydrazine groups is 1. The van der Waals surface area contributed by atoms with Crippen LogP contribution in [0.15, 0.2) is 23.8 Å². The molecule has 0 aromatic heterocycles. The number of halogens is 2. The Morgan fingerprint density at radius 3 is 3.00 bits per heavy atom. The molecule has 22 heavy (non-hydrogen) atoms. The zero-order valence-electron chi connectivity index (χ0n) is 12.4. The van der Waals surface area contributed by atoms with Crippen LogP contribution in [0.3, 0.4) is 0 Å². The van der Waals surface area contributed by atoms with E-state index in [1.807, 2.05) is 0 Å². The van der Waals surface area contributed by atoms with Crippen LogP contribution in [0.2, 0.25) is 5.02 Å². The van der Waals surface area contributed by atoms with Gasteiger partial charge in [-0.3, -0.25) is 4.79 Å². The number of fused-ring (bicyclic) bond motifs is 1. The minimum absolute atomic E-state index is 0.0382. The maximum atomic E-state index is 12.0. The first kappa shape index (κ1) is 16.6. The average Bonchev–Trinajstić information content (AvgIpc) is 2.49. The molecule has 5 nitrogen and oxygen atoms in total. The van der Waals surface area contributed by atoms with Crippen LogP contribution >= 0.6 is 11.6 Å². The van der Waals surface area contributed by atoms with Gasteiger partial charge < -0.3 is 15.1 Å². The molecular weight excluding hydrogens is 309 g/mol. The Labute approximate surface area is 133 Å². The number of benzene rings is 1. The smallest absolute Gasteiger partial charge is 0.220 e. The first-order chi connectivity index (χ1) is 10.5. The van der Waals surface area contributed by atoms with E-state index in [1.54, 1.807) is 25.2 Å². The highest BCUT2D eigenvalue weighted by atomic mass is 35.5. The predicted molar refractivity (Wildman–Crippen MR) is 84.0 cm³/mol. The topological polar surface area (TPSA) is 67.6 Å². The molecule has 120 valence electrons. The first-order valence-corrected chi connectivity index (χ1v) is 7.36. The molecular formula is C15H19ClFN3O2. The normalized spacial score (nSPS) is 13.5. The first-order valence-electron chi connectivity index (χ1n) is 6.98. The molecule has 1 amide bonds. The Hall–Kier alpha value is -1.79. The number of nitrogens with two attached hydrogens (primary N) is 1. The summed E-state index contributed by atoms with van der Waals surface area (Å²) in [7, 11) is 1.73. The summed E-state index contributed by atoms with van der Waals surface area (Å²) in [5, 5.41) is 4.59. The monoisotopic (exact) mass is 327 g/mol. The molecule has 1 aromatic carbocycles. The largest absolute Gasteiger partial charge is 0.488 e. The highest BCUT2D eigenvalue weighted by Gasteiger charge is 2.22. The highest BCUT2D eigenvalue weighted by Crippen LogP contribution is 2.36. The maximum absolute atomic E-state index is 12.0. The zero-order chi connectivity index (χ0) is 16.1. The van der Waals surface area contributed by atoms with Crippen LogP contribution in [0, 0.1) is 0 Å². The fourth-order valence-corrected chi connectivity index (χ4v) is 2.58. The van der Waals surface area contributed by atoms with Crippen molar-refractivity contribution in [3.63, 3.8) is 0 Å². The van der Waals surface area contributed by atoms with Crippen molar-refractivity contribution in [3.05, 3.63) is 34.4 Å². The number of rotatable bonds is 6. The lowest BCUT2D eigenvalue weighted by molar-refractivity contribution is -0.121. The number of nitrogens with one attached hydrogen (secondary N) is 1.